The van der Waals surface area contributed by atoms with E-state index < -0.39 is 17.9 Å². The lowest BCUT2D eigenvalue weighted by Gasteiger charge is -2.10. The molecule has 0 fully saturated rings. The Morgan fingerprint density at radius 2 is 1.78 bits per heavy atom. The molecule has 9 heteroatoms. The number of anilines is 1. The fourth-order valence-corrected chi connectivity index (χ4v) is 3.42. The van der Waals surface area contributed by atoms with Gasteiger partial charge in [0, 0.05) is 29.8 Å². The van der Waals surface area contributed by atoms with Crippen molar-refractivity contribution >= 4 is 28.7 Å². The minimum absolute atomic E-state index is 0.0207. The summed E-state index contributed by atoms with van der Waals surface area (Å²) in [6, 6.07) is 12.4. The number of benzene rings is 1. The largest absolute Gasteiger partial charge is 0.481 e. The van der Waals surface area contributed by atoms with Crippen molar-refractivity contribution in [3.05, 3.63) is 66.7 Å². The Labute approximate surface area is 182 Å². The molecule has 4 aromatic rings. The molecule has 0 saturated heterocycles. The van der Waals surface area contributed by atoms with Crippen molar-refractivity contribution in [2.75, 3.05) is 5.32 Å². The standard InChI is InChI=1S/C23H20FN5O3/c24-15-3-1-14(2-4-15)21-20(13-9-11-26-12-10-13)16-5-7-18(27-22(16)29-21)28-23(32)17(25)6-8-19(30)31/h1-5,7,9-12,17H,6,8,25H2,(H,30,31)(H2,27,28,29,32)/t17-/m0/s1. The Balaban J connectivity index is 1.72. The zero-order chi connectivity index (χ0) is 22.7. The number of aliphatic carboxylic acids is 1. The SMILES string of the molecule is N[C@@H](CCC(=O)O)C(=O)Nc1ccc2c(-c3ccncc3)c(-c3ccc(F)cc3)[nH]c2n1. The van der Waals surface area contributed by atoms with Gasteiger partial charge in [0.05, 0.1) is 11.7 Å². The van der Waals surface area contributed by atoms with E-state index in [2.05, 4.69) is 20.3 Å². The molecule has 5 N–H and O–H groups in total. The van der Waals surface area contributed by atoms with E-state index in [0.717, 1.165) is 27.8 Å². The predicted molar refractivity (Wildman–Crippen MR) is 118 cm³/mol. The number of nitrogens with one attached hydrogen (secondary N) is 2. The van der Waals surface area contributed by atoms with Crippen LogP contribution in [0.4, 0.5) is 10.2 Å². The molecule has 1 atom stereocenters. The van der Waals surface area contributed by atoms with Gasteiger partial charge in [-0.3, -0.25) is 14.6 Å². The van der Waals surface area contributed by atoms with Crippen LogP contribution in [0, 0.1) is 5.82 Å². The monoisotopic (exact) mass is 433 g/mol. The third kappa shape index (κ3) is 4.47. The van der Waals surface area contributed by atoms with Crippen LogP contribution in [0.2, 0.25) is 0 Å². The van der Waals surface area contributed by atoms with Crippen molar-refractivity contribution in [2.24, 2.45) is 5.73 Å². The maximum Gasteiger partial charge on any atom is 0.303 e. The zero-order valence-electron chi connectivity index (χ0n) is 16.9. The van der Waals surface area contributed by atoms with Gasteiger partial charge in [-0.1, -0.05) is 0 Å². The lowest BCUT2D eigenvalue weighted by Crippen LogP contribution is -2.36. The van der Waals surface area contributed by atoms with Crippen molar-refractivity contribution in [3.63, 3.8) is 0 Å². The summed E-state index contributed by atoms with van der Waals surface area (Å²) in [5.74, 6) is -1.59. The molecule has 0 aliphatic carbocycles. The number of halogens is 1. The van der Waals surface area contributed by atoms with E-state index >= 15 is 0 Å². The molecule has 0 saturated carbocycles. The number of carboxylic acids is 1. The fraction of sp³-hybridized carbons (Fsp3) is 0.130. The number of carbonyl (C=O) groups excluding carboxylic acids is 1. The molecule has 8 nitrogen and oxygen atoms in total. The first kappa shape index (κ1) is 21.1. The smallest absolute Gasteiger partial charge is 0.303 e. The average Bonchev–Trinajstić information content (AvgIpc) is 3.17. The van der Waals surface area contributed by atoms with Gasteiger partial charge in [-0.05, 0) is 66.1 Å². The number of H-pyrrole nitrogens is 1. The van der Waals surface area contributed by atoms with Crippen LogP contribution in [0.5, 0.6) is 0 Å². The lowest BCUT2D eigenvalue weighted by atomic mass is 10.00. The molecule has 32 heavy (non-hydrogen) atoms. The van der Waals surface area contributed by atoms with Crippen LogP contribution < -0.4 is 11.1 Å². The van der Waals surface area contributed by atoms with Gasteiger partial charge in [0.2, 0.25) is 5.91 Å². The molecular weight excluding hydrogens is 413 g/mol. The van der Waals surface area contributed by atoms with Crippen LogP contribution in [-0.4, -0.2) is 38.0 Å². The Hall–Kier alpha value is -4.11. The highest BCUT2D eigenvalue weighted by Crippen LogP contribution is 2.38. The molecule has 0 unspecified atom stereocenters. The average molecular weight is 433 g/mol. The second-order valence-corrected chi connectivity index (χ2v) is 7.24. The predicted octanol–water partition coefficient (Wildman–Crippen LogP) is 3.56. The topological polar surface area (TPSA) is 134 Å². The second-order valence-electron chi connectivity index (χ2n) is 7.24. The number of carbonyl (C=O) groups is 2. The number of carboxylic acid groups (broad SMARTS) is 1. The van der Waals surface area contributed by atoms with Crippen molar-refractivity contribution in [2.45, 2.75) is 18.9 Å². The third-order valence-electron chi connectivity index (χ3n) is 5.02. The van der Waals surface area contributed by atoms with Crippen molar-refractivity contribution in [1.82, 2.24) is 15.0 Å². The van der Waals surface area contributed by atoms with Crippen molar-refractivity contribution in [3.8, 4) is 22.4 Å². The molecule has 3 heterocycles. The Bertz CT molecular complexity index is 1270. The third-order valence-corrected chi connectivity index (χ3v) is 5.02. The molecule has 1 amide bonds. The quantitative estimate of drug-likeness (QED) is 0.352. The first-order valence-electron chi connectivity index (χ1n) is 9.89. The molecule has 1 aromatic carbocycles. The van der Waals surface area contributed by atoms with Gasteiger partial charge in [0.15, 0.2) is 0 Å². The van der Waals surface area contributed by atoms with Gasteiger partial charge < -0.3 is 21.1 Å². The normalized spacial score (nSPS) is 11.9. The number of nitrogens with two attached hydrogens (primary N) is 1. The van der Waals surface area contributed by atoms with Gasteiger partial charge in [0.25, 0.3) is 0 Å². The van der Waals surface area contributed by atoms with E-state index in [1.165, 1.54) is 12.1 Å². The van der Waals surface area contributed by atoms with Crippen LogP contribution in [0.3, 0.4) is 0 Å². The maximum absolute atomic E-state index is 13.5. The number of hydrogen-bond donors (Lipinski definition) is 4. The summed E-state index contributed by atoms with van der Waals surface area (Å²) in [7, 11) is 0. The summed E-state index contributed by atoms with van der Waals surface area (Å²) in [4.78, 5) is 34.8. The van der Waals surface area contributed by atoms with Gasteiger partial charge in [-0.2, -0.15) is 0 Å². The lowest BCUT2D eigenvalue weighted by molar-refractivity contribution is -0.137. The van der Waals surface area contributed by atoms with Gasteiger partial charge in [-0.25, -0.2) is 9.37 Å². The highest BCUT2D eigenvalue weighted by Gasteiger charge is 2.19. The maximum atomic E-state index is 13.5. The minimum atomic E-state index is -1.02. The van der Waals surface area contributed by atoms with Gasteiger partial charge in [0.1, 0.15) is 17.3 Å². The van der Waals surface area contributed by atoms with Gasteiger partial charge in [-0.15, -0.1) is 0 Å². The molecule has 3 aromatic heterocycles. The molecular formula is C23H20FN5O3. The Morgan fingerprint density at radius 3 is 2.47 bits per heavy atom. The van der Waals surface area contributed by atoms with Crippen LogP contribution in [-0.2, 0) is 9.59 Å². The Kier molecular flexibility index (Phi) is 5.91. The second kappa shape index (κ2) is 8.94. The number of aromatic amines is 1. The Morgan fingerprint density at radius 1 is 1.06 bits per heavy atom. The van der Waals surface area contributed by atoms with E-state index in [9.17, 15) is 14.0 Å². The first-order chi connectivity index (χ1) is 15.4. The number of nitrogens with zero attached hydrogens (tertiary/aromatic N) is 2. The zero-order valence-corrected chi connectivity index (χ0v) is 16.9. The van der Waals surface area contributed by atoms with Crippen LogP contribution in [0.1, 0.15) is 12.8 Å². The molecule has 0 aliphatic heterocycles. The summed E-state index contributed by atoms with van der Waals surface area (Å²) >= 11 is 0. The molecule has 0 aliphatic rings. The van der Waals surface area contributed by atoms with Crippen LogP contribution in [0.25, 0.3) is 33.4 Å². The fourth-order valence-electron chi connectivity index (χ4n) is 3.42. The number of aromatic nitrogens is 3. The summed E-state index contributed by atoms with van der Waals surface area (Å²) in [5.41, 5.74) is 9.59. The van der Waals surface area contributed by atoms with E-state index in [4.69, 9.17) is 10.8 Å². The molecule has 0 bridgehead atoms. The van der Waals surface area contributed by atoms with Crippen LogP contribution in [0.15, 0.2) is 60.9 Å². The summed E-state index contributed by atoms with van der Waals surface area (Å²) < 4.78 is 13.5. The van der Waals surface area contributed by atoms with E-state index in [1.807, 2.05) is 18.2 Å². The van der Waals surface area contributed by atoms with Crippen molar-refractivity contribution in [1.29, 1.82) is 0 Å². The van der Waals surface area contributed by atoms with Gasteiger partial charge >= 0.3 is 5.97 Å². The highest BCUT2D eigenvalue weighted by molar-refractivity contribution is 6.03. The molecule has 0 spiro atoms. The molecule has 162 valence electrons. The number of pyridine rings is 2. The number of rotatable bonds is 7. The first-order valence-corrected chi connectivity index (χ1v) is 9.89. The van der Waals surface area contributed by atoms with Crippen molar-refractivity contribution < 1.29 is 19.1 Å². The summed E-state index contributed by atoms with van der Waals surface area (Å²) in [6.45, 7) is 0. The minimum Gasteiger partial charge on any atom is -0.481 e. The number of amides is 1. The number of fused-ring (bicyclic) bond motifs is 1. The highest BCUT2D eigenvalue weighted by atomic mass is 19.1. The molecule has 0 radical (unpaired) electrons. The summed E-state index contributed by atoms with van der Waals surface area (Å²) in [6.07, 6.45) is 3.19. The molecule has 4 rings (SSSR count). The number of hydrogen-bond acceptors (Lipinski definition) is 5. The summed E-state index contributed by atoms with van der Waals surface area (Å²) in [5, 5.41) is 12.2. The van der Waals surface area contributed by atoms with E-state index in [1.54, 1.807) is 30.6 Å². The van der Waals surface area contributed by atoms with Crippen LogP contribution >= 0.6 is 0 Å². The van der Waals surface area contributed by atoms with E-state index in [-0.39, 0.29) is 24.5 Å². The van der Waals surface area contributed by atoms with E-state index in [0.29, 0.717) is 5.65 Å².